The highest BCUT2D eigenvalue weighted by Gasteiger charge is 2.17. The molecule has 0 amide bonds. The topological polar surface area (TPSA) is 23.5 Å². The number of aliphatic hydroxyl groups is 1. The molecule has 0 fully saturated rings. The SMILES string of the molecule is CCC(CC)N(CC(C)C)c1ccc(C(C)O)cc1. The maximum absolute atomic E-state index is 9.59. The smallest absolute Gasteiger partial charge is 0.0761 e. The molecule has 0 aliphatic rings. The van der Waals surface area contributed by atoms with Crippen molar-refractivity contribution in [1.29, 1.82) is 0 Å². The third kappa shape index (κ3) is 4.54. The summed E-state index contributed by atoms with van der Waals surface area (Å²) >= 11 is 0. The van der Waals surface area contributed by atoms with E-state index in [2.05, 4.69) is 44.7 Å². The van der Waals surface area contributed by atoms with Gasteiger partial charge in [0.2, 0.25) is 0 Å². The average Bonchev–Trinajstić information content (AvgIpc) is 2.38. The summed E-state index contributed by atoms with van der Waals surface area (Å²) < 4.78 is 0. The third-order valence-electron chi connectivity index (χ3n) is 3.65. The molecule has 19 heavy (non-hydrogen) atoms. The normalized spacial score (nSPS) is 13.1. The molecule has 108 valence electrons. The van der Waals surface area contributed by atoms with Crippen LogP contribution in [0, 0.1) is 5.92 Å². The molecule has 0 bridgehead atoms. The summed E-state index contributed by atoms with van der Waals surface area (Å²) in [6, 6.07) is 8.96. The van der Waals surface area contributed by atoms with Crippen LogP contribution in [0.3, 0.4) is 0 Å². The first-order chi connectivity index (χ1) is 8.99. The Morgan fingerprint density at radius 1 is 1.00 bits per heavy atom. The number of benzene rings is 1. The Balaban J connectivity index is 2.96. The Hall–Kier alpha value is -1.02. The van der Waals surface area contributed by atoms with Crippen LogP contribution in [0.15, 0.2) is 24.3 Å². The van der Waals surface area contributed by atoms with Crippen molar-refractivity contribution in [3.63, 3.8) is 0 Å². The van der Waals surface area contributed by atoms with E-state index in [9.17, 15) is 5.11 Å². The predicted molar refractivity (Wildman–Crippen MR) is 83.6 cm³/mol. The predicted octanol–water partition coefficient (Wildman–Crippen LogP) is 4.39. The van der Waals surface area contributed by atoms with Gasteiger partial charge >= 0.3 is 0 Å². The second-order valence-corrected chi connectivity index (χ2v) is 5.78. The molecular formula is C17H29NO. The van der Waals surface area contributed by atoms with E-state index in [-0.39, 0.29) is 6.10 Å². The number of hydrogen-bond acceptors (Lipinski definition) is 2. The number of rotatable bonds is 7. The van der Waals surface area contributed by atoms with Crippen LogP contribution in [0.25, 0.3) is 0 Å². The highest BCUT2D eigenvalue weighted by atomic mass is 16.3. The lowest BCUT2D eigenvalue weighted by molar-refractivity contribution is 0.199. The van der Waals surface area contributed by atoms with E-state index in [0.29, 0.717) is 12.0 Å². The van der Waals surface area contributed by atoms with Gasteiger partial charge in [0, 0.05) is 18.3 Å². The third-order valence-corrected chi connectivity index (χ3v) is 3.65. The lowest BCUT2D eigenvalue weighted by Crippen LogP contribution is -2.37. The number of anilines is 1. The first kappa shape index (κ1) is 16.0. The van der Waals surface area contributed by atoms with Crippen LogP contribution < -0.4 is 4.90 Å². The molecule has 2 heteroatoms. The van der Waals surface area contributed by atoms with Crippen molar-refractivity contribution in [1.82, 2.24) is 0 Å². The molecule has 0 saturated heterocycles. The largest absolute Gasteiger partial charge is 0.389 e. The van der Waals surface area contributed by atoms with Crippen LogP contribution in [0.2, 0.25) is 0 Å². The molecule has 1 aromatic carbocycles. The first-order valence-electron chi connectivity index (χ1n) is 7.54. The van der Waals surface area contributed by atoms with Gasteiger partial charge in [-0.2, -0.15) is 0 Å². The maximum Gasteiger partial charge on any atom is 0.0761 e. The lowest BCUT2D eigenvalue weighted by atomic mass is 10.0. The molecule has 0 aliphatic carbocycles. The highest BCUT2D eigenvalue weighted by molar-refractivity contribution is 5.49. The molecule has 1 N–H and O–H groups in total. The Kier molecular flexibility index (Phi) is 6.36. The van der Waals surface area contributed by atoms with Gasteiger partial charge in [-0.1, -0.05) is 39.8 Å². The molecule has 1 unspecified atom stereocenters. The van der Waals surface area contributed by atoms with Gasteiger partial charge in [0.05, 0.1) is 6.10 Å². The van der Waals surface area contributed by atoms with Crippen LogP contribution in [-0.2, 0) is 0 Å². The standard InChI is InChI=1S/C17H29NO/c1-6-16(7-2)18(12-13(3)4)17-10-8-15(9-11-17)14(5)19/h8-11,13-14,16,19H,6-7,12H2,1-5H3. The van der Waals surface area contributed by atoms with E-state index in [0.717, 1.165) is 12.1 Å². The van der Waals surface area contributed by atoms with Crippen molar-refractivity contribution in [3.8, 4) is 0 Å². The zero-order valence-corrected chi connectivity index (χ0v) is 13.1. The molecule has 0 saturated carbocycles. The van der Waals surface area contributed by atoms with Crippen molar-refractivity contribution >= 4 is 5.69 Å². The molecule has 1 atom stereocenters. The minimum atomic E-state index is -0.388. The van der Waals surface area contributed by atoms with Crippen molar-refractivity contribution in [3.05, 3.63) is 29.8 Å². The summed E-state index contributed by atoms with van der Waals surface area (Å²) in [5.74, 6) is 0.650. The van der Waals surface area contributed by atoms with Gasteiger partial charge in [0.15, 0.2) is 0 Å². The van der Waals surface area contributed by atoms with Gasteiger partial charge < -0.3 is 10.0 Å². The van der Waals surface area contributed by atoms with E-state index in [4.69, 9.17) is 0 Å². The molecule has 0 aliphatic heterocycles. The zero-order valence-electron chi connectivity index (χ0n) is 13.1. The molecule has 1 rings (SSSR count). The second kappa shape index (κ2) is 7.54. The van der Waals surface area contributed by atoms with Crippen molar-refractivity contribution in [2.45, 2.75) is 59.6 Å². The fraction of sp³-hybridized carbons (Fsp3) is 0.647. The van der Waals surface area contributed by atoms with Crippen molar-refractivity contribution in [2.75, 3.05) is 11.4 Å². The quantitative estimate of drug-likeness (QED) is 0.788. The Morgan fingerprint density at radius 3 is 1.89 bits per heavy atom. The monoisotopic (exact) mass is 263 g/mol. The van der Waals surface area contributed by atoms with Crippen LogP contribution in [0.5, 0.6) is 0 Å². The molecule has 0 heterocycles. The van der Waals surface area contributed by atoms with Crippen molar-refractivity contribution < 1.29 is 5.11 Å². The van der Waals surface area contributed by atoms with Gasteiger partial charge in [-0.25, -0.2) is 0 Å². The second-order valence-electron chi connectivity index (χ2n) is 5.78. The van der Waals surface area contributed by atoms with Gasteiger partial charge in [-0.3, -0.25) is 0 Å². The molecule has 2 nitrogen and oxygen atoms in total. The van der Waals surface area contributed by atoms with E-state index in [1.165, 1.54) is 18.5 Å². The van der Waals surface area contributed by atoms with Gasteiger partial charge in [0.25, 0.3) is 0 Å². The first-order valence-corrected chi connectivity index (χ1v) is 7.54. The number of aliphatic hydroxyl groups excluding tert-OH is 1. The van der Waals surface area contributed by atoms with Crippen LogP contribution in [0.4, 0.5) is 5.69 Å². The number of nitrogens with zero attached hydrogens (tertiary/aromatic N) is 1. The van der Waals surface area contributed by atoms with Crippen LogP contribution >= 0.6 is 0 Å². The van der Waals surface area contributed by atoms with E-state index in [1.54, 1.807) is 0 Å². The summed E-state index contributed by atoms with van der Waals surface area (Å²) in [7, 11) is 0. The molecule has 1 aromatic rings. The Labute approximate surface area is 118 Å². The molecular weight excluding hydrogens is 234 g/mol. The van der Waals surface area contributed by atoms with Crippen LogP contribution in [0.1, 0.15) is 59.1 Å². The Bertz CT molecular complexity index is 352. The van der Waals surface area contributed by atoms with Gasteiger partial charge in [-0.05, 0) is 43.4 Å². The fourth-order valence-corrected chi connectivity index (χ4v) is 2.53. The summed E-state index contributed by atoms with van der Waals surface area (Å²) in [4.78, 5) is 2.51. The summed E-state index contributed by atoms with van der Waals surface area (Å²) in [6.07, 6.45) is 1.95. The van der Waals surface area contributed by atoms with Gasteiger partial charge in [-0.15, -0.1) is 0 Å². The summed E-state index contributed by atoms with van der Waals surface area (Å²) in [5.41, 5.74) is 2.25. The summed E-state index contributed by atoms with van der Waals surface area (Å²) in [6.45, 7) is 11.9. The highest BCUT2D eigenvalue weighted by Crippen LogP contribution is 2.24. The summed E-state index contributed by atoms with van der Waals surface area (Å²) in [5, 5.41) is 9.59. The molecule has 0 spiro atoms. The molecule has 0 radical (unpaired) electrons. The lowest BCUT2D eigenvalue weighted by Gasteiger charge is -2.34. The maximum atomic E-state index is 9.59. The van der Waals surface area contributed by atoms with Crippen molar-refractivity contribution in [2.24, 2.45) is 5.92 Å². The minimum Gasteiger partial charge on any atom is -0.389 e. The van der Waals surface area contributed by atoms with E-state index in [1.807, 2.05) is 19.1 Å². The van der Waals surface area contributed by atoms with E-state index < -0.39 is 0 Å². The number of hydrogen-bond donors (Lipinski definition) is 1. The van der Waals surface area contributed by atoms with Crippen LogP contribution in [-0.4, -0.2) is 17.7 Å². The minimum absolute atomic E-state index is 0.388. The van der Waals surface area contributed by atoms with E-state index >= 15 is 0 Å². The zero-order chi connectivity index (χ0) is 14.4. The van der Waals surface area contributed by atoms with Gasteiger partial charge in [0.1, 0.15) is 0 Å². The average molecular weight is 263 g/mol. The Morgan fingerprint density at radius 2 is 1.53 bits per heavy atom. The fourth-order valence-electron chi connectivity index (χ4n) is 2.53. The molecule has 0 aromatic heterocycles.